The van der Waals surface area contributed by atoms with Crippen molar-refractivity contribution in [3.8, 4) is 5.75 Å². The van der Waals surface area contributed by atoms with Crippen LogP contribution < -0.4 is 19.8 Å². The highest BCUT2D eigenvalue weighted by molar-refractivity contribution is 8.00. The van der Waals surface area contributed by atoms with Gasteiger partial charge >= 0.3 is 4.87 Å². The Morgan fingerprint density at radius 2 is 1.67 bits per heavy atom. The van der Waals surface area contributed by atoms with Gasteiger partial charge < -0.3 is 15.0 Å². The van der Waals surface area contributed by atoms with Crippen LogP contribution in [0.15, 0.2) is 101 Å². The molecule has 2 saturated carbocycles. The molecule has 2 N–H and O–H groups in total. The number of amides is 3. The number of hydrogen-bond donors (Lipinski definition) is 2. The summed E-state index contributed by atoms with van der Waals surface area (Å²) in [7, 11) is 0. The van der Waals surface area contributed by atoms with Crippen molar-refractivity contribution >= 4 is 63.0 Å². The number of hydrogen-bond acceptors (Lipinski definition) is 7. The van der Waals surface area contributed by atoms with Crippen molar-refractivity contribution in [3.63, 3.8) is 0 Å². The molecule has 2 aliphatic heterocycles. The Kier molecular flexibility index (Phi) is 6.88. The fourth-order valence-corrected chi connectivity index (χ4v) is 11.7. The number of carbonyl (C=O) groups excluding carboxylic acids is 3. The molecular formula is C38H31N3O5S2. The molecule has 1 aromatic heterocycles. The molecule has 10 heteroatoms. The Bertz CT molecular complexity index is 2190. The van der Waals surface area contributed by atoms with Crippen LogP contribution in [-0.2, 0) is 14.4 Å². The van der Waals surface area contributed by atoms with Gasteiger partial charge in [0.15, 0.2) is 6.61 Å². The van der Waals surface area contributed by atoms with Crippen LogP contribution in [0.5, 0.6) is 5.75 Å². The van der Waals surface area contributed by atoms with Crippen molar-refractivity contribution in [2.24, 2.45) is 29.6 Å². The lowest BCUT2D eigenvalue weighted by Crippen LogP contribution is -2.42. The van der Waals surface area contributed by atoms with E-state index in [-0.39, 0.29) is 70.0 Å². The van der Waals surface area contributed by atoms with Gasteiger partial charge in [0, 0.05) is 27.1 Å². The van der Waals surface area contributed by atoms with E-state index < -0.39 is 0 Å². The zero-order chi connectivity index (χ0) is 32.7. The van der Waals surface area contributed by atoms with Gasteiger partial charge in [-0.15, -0.1) is 11.8 Å². The van der Waals surface area contributed by atoms with Crippen LogP contribution in [0.25, 0.3) is 10.8 Å². The highest BCUT2D eigenvalue weighted by atomic mass is 32.2. The third-order valence-corrected chi connectivity index (χ3v) is 13.3. The highest BCUT2D eigenvalue weighted by Gasteiger charge is 2.69. The Hall–Kier alpha value is -4.67. The molecule has 3 heterocycles. The van der Waals surface area contributed by atoms with E-state index in [1.807, 2.05) is 97.9 Å². The lowest BCUT2D eigenvalue weighted by atomic mass is 9.68. The number of benzene rings is 4. The summed E-state index contributed by atoms with van der Waals surface area (Å²) in [5, 5.41) is 5.92. The minimum Gasteiger partial charge on any atom is -0.484 e. The van der Waals surface area contributed by atoms with Crippen LogP contribution in [0.1, 0.15) is 28.3 Å². The Morgan fingerprint density at radius 1 is 0.917 bits per heavy atom. The number of fused-ring (bicyclic) bond motifs is 10. The molecule has 9 rings (SSSR count). The van der Waals surface area contributed by atoms with Crippen LogP contribution in [0.4, 0.5) is 11.4 Å². The largest absolute Gasteiger partial charge is 0.484 e. The monoisotopic (exact) mass is 673 g/mol. The minimum atomic E-state index is -0.373. The zero-order valence-electron chi connectivity index (χ0n) is 25.9. The van der Waals surface area contributed by atoms with E-state index in [1.54, 1.807) is 11.8 Å². The van der Waals surface area contributed by atoms with Crippen LogP contribution in [0.2, 0.25) is 0 Å². The average Bonchev–Trinajstić information content (AvgIpc) is 3.83. The molecule has 6 unspecified atom stereocenters. The van der Waals surface area contributed by atoms with E-state index >= 15 is 0 Å². The number of carbonyl (C=O) groups is 3. The van der Waals surface area contributed by atoms with Crippen LogP contribution in [0.3, 0.4) is 0 Å². The topological polar surface area (TPSA) is 109 Å². The molecule has 2 aliphatic carbocycles. The number of aryl methyl sites for hydroxylation is 1. The zero-order valence-corrected chi connectivity index (χ0v) is 27.6. The number of aromatic amines is 1. The Balaban J connectivity index is 0.999. The number of nitrogens with zero attached hydrogens (tertiary/aromatic N) is 1. The van der Waals surface area contributed by atoms with Crippen molar-refractivity contribution in [2.75, 3.05) is 16.8 Å². The molecule has 8 nitrogen and oxygen atoms in total. The summed E-state index contributed by atoms with van der Waals surface area (Å²) in [6.45, 7) is 1.82. The maximum absolute atomic E-state index is 14.0. The lowest BCUT2D eigenvalue weighted by Gasteiger charge is -2.43. The molecule has 7 atom stereocenters. The molecule has 0 spiro atoms. The fourth-order valence-electron chi connectivity index (χ4n) is 8.81. The summed E-state index contributed by atoms with van der Waals surface area (Å²) < 4.78 is 6.03. The second-order valence-electron chi connectivity index (χ2n) is 13.2. The molecule has 4 aromatic carbocycles. The second kappa shape index (κ2) is 11.2. The van der Waals surface area contributed by atoms with E-state index in [1.165, 1.54) is 16.2 Å². The molecule has 4 aliphatic rings. The summed E-state index contributed by atoms with van der Waals surface area (Å²) in [6.07, 6.45) is 0.817. The van der Waals surface area contributed by atoms with Gasteiger partial charge in [-0.05, 0) is 72.4 Å². The maximum Gasteiger partial charge on any atom is 0.305 e. The number of nitrogens with one attached hydrogen (secondary N) is 2. The number of anilines is 2. The second-order valence-corrected chi connectivity index (χ2v) is 15.4. The van der Waals surface area contributed by atoms with Gasteiger partial charge in [0.25, 0.3) is 5.91 Å². The van der Waals surface area contributed by atoms with Gasteiger partial charge in [-0.3, -0.25) is 24.1 Å². The summed E-state index contributed by atoms with van der Waals surface area (Å²) in [5.41, 5.74) is 3.41. The van der Waals surface area contributed by atoms with Gasteiger partial charge in [0.2, 0.25) is 11.8 Å². The Morgan fingerprint density at radius 3 is 2.50 bits per heavy atom. The van der Waals surface area contributed by atoms with Crippen LogP contribution in [0, 0.1) is 36.5 Å². The SMILES string of the molecule is Cc1ccc(N2C(=O)C3C4CC(C3C2=O)C2C4Sc3[nH]c(=O)sc3[C@@H]2c2cccc(OCC(=O)Nc3cccc4ccccc34)c2)cc1. The van der Waals surface area contributed by atoms with Crippen molar-refractivity contribution in [2.45, 2.75) is 29.5 Å². The lowest BCUT2D eigenvalue weighted by molar-refractivity contribution is -0.123. The van der Waals surface area contributed by atoms with Gasteiger partial charge in [-0.25, -0.2) is 0 Å². The van der Waals surface area contributed by atoms with Gasteiger partial charge in [0.05, 0.1) is 22.5 Å². The number of H-pyrrole nitrogens is 1. The molecule has 0 radical (unpaired) electrons. The molecular weight excluding hydrogens is 643 g/mol. The quantitative estimate of drug-likeness (QED) is 0.197. The number of thioether (sulfide) groups is 1. The highest BCUT2D eigenvalue weighted by Crippen LogP contribution is 2.68. The summed E-state index contributed by atoms with van der Waals surface area (Å²) in [4.78, 5) is 58.9. The summed E-state index contributed by atoms with van der Waals surface area (Å²) in [5.74, 6) is -0.659. The number of aromatic nitrogens is 1. The first-order chi connectivity index (χ1) is 23.4. The van der Waals surface area contributed by atoms with E-state index in [2.05, 4.69) is 10.3 Å². The normalized spacial score (nSPS) is 26.8. The number of rotatable bonds is 6. The molecule has 2 bridgehead atoms. The third-order valence-electron chi connectivity index (χ3n) is 10.7. The van der Waals surface area contributed by atoms with E-state index in [0.717, 1.165) is 43.9 Å². The van der Waals surface area contributed by atoms with Crippen molar-refractivity contribution in [1.82, 2.24) is 4.98 Å². The molecule has 3 fully saturated rings. The van der Waals surface area contributed by atoms with E-state index in [9.17, 15) is 19.2 Å². The minimum absolute atomic E-state index is 0.01000. The summed E-state index contributed by atoms with van der Waals surface area (Å²) in [6, 6.07) is 29.0. The van der Waals surface area contributed by atoms with Crippen LogP contribution in [-0.4, -0.2) is 34.6 Å². The molecule has 48 heavy (non-hydrogen) atoms. The molecule has 3 amide bonds. The van der Waals surface area contributed by atoms with E-state index in [4.69, 9.17) is 4.74 Å². The molecule has 5 aromatic rings. The first-order valence-electron chi connectivity index (χ1n) is 16.2. The van der Waals surface area contributed by atoms with Gasteiger partial charge in [0.1, 0.15) is 5.75 Å². The predicted molar refractivity (Wildman–Crippen MR) is 187 cm³/mol. The number of thiazole rings is 1. The first-order valence-corrected chi connectivity index (χ1v) is 17.9. The number of imide groups is 1. The summed E-state index contributed by atoms with van der Waals surface area (Å²) >= 11 is 2.89. The van der Waals surface area contributed by atoms with E-state index in [0.29, 0.717) is 11.4 Å². The third kappa shape index (κ3) is 4.57. The predicted octanol–water partition coefficient (Wildman–Crippen LogP) is 6.59. The van der Waals surface area contributed by atoms with Crippen molar-refractivity contribution in [3.05, 3.63) is 117 Å². The number of ether oxygens (including phenoxy) is 1. The van der Waals surface area contributed by atoms with Crippen molar-refractivity contribution in [1.29, 1.82) is 0 Å². The van der Waals surface area contributed by atoms with Gasteiger partial charge in [-0.2, -0.15) is 0 Å². The van der Waals surface area contributed by atoms with Crippen LogP contribution >= 0.6 is 23.1 Å². The molecule has 1 saturated heterocycles. The van der Waals surface area contributed by atoms with Crippen molar-refractivity contribution < 1.29 is 19.1 Å². The maximum atomic E-state index is 14.0. The molecule has 240 valence electrons. The van der Waals surface area contributed by atoms with Gasteiger partial charge in [-0.1, -0.05) is 77.6 Å². The average molecular weight is 674 g/mol. The standard InChI is InChI=1S/C38H31N3O5S2/c1-19-12-14-22(15-13-19)41-36(43)31-25-17-26(32(31)37(41)44)33-30(25)29(34-35(47-33)40-38(45)48-34)21-8-4-9-23(16-21)46-18-28(42)39-27-11-5-7-20-6-2-3-10-24(20)27/h2-16,25-26,29-33H,17-18H2,1H3,(H,39,42)(H,40,45)/t25?,26?,29-,30?,31?,32?,33?/m1/s1. The Labute approximate surface area is 284 Å². The first kappa shape index (κ1) is 29.5. The fraction of sp³-hybridized carbons (Fsp3) is 0.263. The smallest absolute Gasteiger partial charge is 0.305 e.